The summed E-state index contributed by atoms with van der Waals surface area (Å²) in [5, 5.41) is 8.78. The molecule has 0 spiro atoms. The molecule has 3 aromatic rings. The van der Waals surface area contributed by atoms with Crippen LogP contribution in [0.4, 0.5) is 17.1 Å². The van der Waals surface area contributed by atoms with E-state index in [0.29, 0.717) is 13.2 Å². The zero-order valence-electron chi connectivity index (χ0n) is 17.6. The highest BCUT2D eigenvalue weighted by atomic mass is 16.5. The summed E-state index contributed by atoms with van der Waals surface area (Å²) in [6, 6.07) is 19.8. The Labute approximate surface area is 177 Å². The van der Waals surface area contributed by atoms with Crippen molar-refractivity contribution < 1.29 is 9.53 Å². The average Bonchev–Trinajstić information content (AvgIpc) is 2.77. The Morgan fingerprint density at radius 1 is 1.07 bits per heavy atom. The molecule has 0 N–H and O–H groups in total. The predicted octanol–water partition coefficient (Wildman–Crippen LogP) is 5.86. The molecule has 0 aliphatic rings. The molecule has 6 heteroatoms. The van der Waals surface area contributed by atoms with Crippen LogP contribution in [0.25, 0.3) is 11.3 Å². The third-order valence-electron chi connectivity index (χ3n) is 4.69. The van der Waals surface area contributed by atoms with Gasteiger partial charge >= 0.3 is 5.97 Å². The summed E-state index contributed by atoms with van der Waals surface area (Å²) in [7, 11) is 0. The van der Waals surface area contributed by atoms with Gasteiger partial charge in [-0.1, -0.05) is 18.2 Å². The van der Waals surface area contributed by atoms with E-state index in [1.807, 2.05) is 61.5 Å². The minimum absolute atomic E-state index is 0.258. The van der Waals surface area contributed by atoms with Crippen molar-refractivity contribution in [2.24, 2.45) is 10.2 Å². The second-order valence-electron chi connectivity index (χ2n) is 6.85. The SMILES string of the molecule is CCN(CCOC(C)=O)c1ccc(N=Nc2ccc(-c3ccccn3)cc2)c(C)c1. The van der Waals surface area contributed by atoms with E-state index in [4.69, 9.17) is 4.74 Å². The average molecular weight is 402 g/mol. The van der Waals surface area contributed by atoms with Crippen LogP contribution in [0.1, 0.15) is 19.4 Å². The highest BCUT2D eigenvalue weighted by molar-refractivity contribution is 5.66. The molecular formula is C24H26N4O2. The van der Waals surface area contributed by atoms with Gasteiger partial charge in [0.15, 0.2) is 0 Å². The molecule has 1 heterocycles. The smallest absolute Gasteiger partial charge is 0.302 e. The van der Waals surface area contributed by atoms with Crippen LogP contribution in [0, 0.1) is 6.92 Å². The Hall–Kier alpha value is -3.54. The van der Waals surface area contributed by atoms with Crippen LogP contribution in [0.5, 0.6) is 0 Å². The van der Waals surface area contributed by atoms with Gasteiger partial charge in [-0.05, 0) is 61.9 Å². The third-order valence-corrected chi connectivity index (χ3v) is 4.69. The van der Waals surface area contributed by atoms with Crippen molar-refractivity contribution in [2.75, 3.05) is 24.6 Å². The molecule has 0 atom stereocenters. The van der Waals surface area contributed by atoms with Crippen LogP contribution < -0.4 is 4.90 Å². The van der Waals surface area contributed by atoms with Gasteiger partial charge in [-0.25, -0.2) is 0 Å². The number of rotatable bonds is 8. The third kappa shape index (κ3) is 5.73. The van der Waals surface area contributed by atoms with Crippen molar-refractivity contribution in [3.63, 3.8) is 0 Å². The van der Waals surface area contributed by atoms with Gasteiger partial charge in [0.25, 0.3) is 0 Å². The maximum atomic E-state index is 11.0. The van der Waals surface area contributed by atoms with Gasteiger partial charge in [0.05, 0.1) is 23.6 Å². The van der Waals surface area contributed by atoms with Crippen LogP contribution in [0.3, 0.4) is 0 Å². The molecule has 6 nitrogen and oxygen atoms in total. The number of anilines is 1. The molecule has 0 bridgehead atoms. The summed E-state index contributed by atoms with van der Waals surface area (Å²) < 4.78 is 5.06. The number of pyridine rings is 1. The lowest BCUT2D eigenvalue weighted by Gasteiger charge is -2.23. The Morgan fingerprint density at radius 3 is 2.50 bits per heavy atom. The fraction of sp³-hybridized carbons (Fsp3) is 0.250. The van der Waals surface area contributed by atoms with E-state index >= 15 is 0 Å². The first-order valence-electron chi connectivity index (χ1n) is 9.99. The molecule has 2 aromatic carbocycles. The van der Waals surface area contributed by atoms with E-state index in [2.05, 4.69) is 33.1 Å². The maximum absolute atomic E-state index is 11.0. The van der Waals surface area contributed by atoms with Crippen molar-refractivity contribution in [1.82, 2.24) is 4.98 Å². The largest absolute Gasteiger partial charge is 0.464 e. The molecule has 154 valence electrons. The fourth-order valence-corrected chi connectivity index (χ4v) is 3.06. The van der Waals surface area contributed by atoms with Gasteiger partial charge in [-0.3, -0.25) is 9.78 Å². The molecule has 0 saturated heterocycles. The Morgan fingerprint density at radius 2 is 1.87 bits per heavy atom. The van der Waals surface area contributed by atoms with E-state index in [0.717, 1.165) is 40.4 Å². The van der Waals surface area contributed by atoms with E-state index in [9.17, 15) is 4.79 Å². The summed E-state index contributed by atoms with van der Waals surface area (Å²) in [5.74, 6) is -0.258. The highest BCUT2D eigenvalue weighted by Crippen LogP contribution is 2.27. The number of carbonyl (C=O) groups is 1. The van der Waals surface area contributed by atoms with Gasteiger partial charge < -0.3 is 9.64 Å². The fourth-order valence-electron chi connectivity index (χ4n) is 3.06. The van der Waals surface area contributed by atoms with Gasteiger partial charge in [0, 0.05) is 30.9 Å². The number of hydrogen-bond acceptors (Lipinski definition) is 6. The first-order valence-corrected chi connectivity index (χ1v) is 9.99. The van der Waals surface area contributed by atoms with Crippen molar-refractivity contribution in [2.45, 2.75) is 20.8 Å². The zero-order chi connectivity index (χ0) is 21.3. The van der Waals surface area contributed by atoms with E-state index in [-0.39, 0.29) is 5.97 Å². The Bertz CT molecular complexity index is 1000. The normalized spacial score (nSPS) is 10.9. The number of azo groups is 1. The minimum Gasteiger partial charge on any atom is -0.464 e. The monoisotopic (exact) mass is 402 g/mol. The molecule has 1 aromatic heterocycles. The van der Waals surface area contributed by atoms with Crippen LogP contribution in [-0.4, -0.2) is 30.6 Å². The summed E-state index contributed by atoms with van der Waals surface area (Å²) in [6.45, 7) is 7.36. The molecule has 0 radical (unpaired) electrons. The topological polar surface area (TPSA) is 67.2 Å². The lowest BCUT2D eigenvalue weighted by atomic mass is 10.1. The molecule has 3 rings (SSSR count). The summed E-state index contributed by atoms with van der Waals surface area (Å²) in [5.41, 5.74) is 5.69. The molecule has 0 amide bonds. The van der Waals surface area contributed by atoms with Crippen LogP contribution in [-0.2, 0) is 9.53 Å². The Kier molecular flexibility index (Phi) is 7.27. The quantitative estimate of drug-likeness (QED) is 0.349. The van der Waals surface area contributed by atoms with Gasteiger partial charge in [-0.2, -0.15) is 10.2 Å². The Balaban J connectivity index is 1.67. The van der Waals surface area contributed by atoms with Gasteiger partial charge in [0.1, 0.15) is 6.61 Å². The second-order valence-corrected chi connectivity index (χ2v) is 6.85. The molecule has 0 saturated carbocycles. The van der Waals surface area contributed by atoms with Crippen molar-refractivity contribution in [3.05, 3.63) is 72.4 Å². The van der Waals surface area contributed by atoms with Crippen molar-refractivity contribution in [3.8, 4) is 11.3 Å². The molecule has 0 fully saturated rings. The number of ether oxygens (including phenoxy) is 1. The summed E-state index contributed by atoms with van der Waals surface area (Å²) in [6.07, 6.45) is 1.78. The molecule has 0 aliphatic heterocycles. The van der Waals surface area contributed by atoms with Crippen molar-refractivity contribution >= 4 is 23.0 Å². The van der Waals surface area contributed by atoms with Crippen molar-refractivity contribution in [1.29, 1.82) is 0 Å². The first-order chi connectivity index (χ1) is 14.6. The molecular weight excluding hydrogens is 376 g/mol. The number of benzene rings is 2. The van der Waals surface area contributed by atoms with E-state index in [1.54, 1.807) is 6.20 Å². The summed E-state index contributed by atoms with van der Waals surface area (Å²) in [4.78, 5) is 17.5. The number of esters is 1. The second kappa shape index (κ2) is 10.3. The van der Waals surface area contributed by atoms with Gasteiger partial charge in [-0.15, -0.1) is 0 Å². The van der Waals surface area contributed by atoms with E-state index < -0.39 is 0 Å². The summed E-state index contributed by atoms with van der Waals surface area (Å²) >= 11 is 0. The first kappa shape index (κ1) is 21.2. The number of likely N-dealkylation sites (N-methyl/N-ethyl adjacent to an activating group) is 1. The number of carbonyl (C=O) groups excluding carboxylic acids is 1. The van der Waals surface area contributed by atoms with Gasteiger partial charge in [0.2, 0.25) is 0 Å². The predicted molar refractivity (Wildman–Crippen MR) is 120 cm³/mol. The van der Waals surface area contributed by atoms with E-state index in [1.165, 1.54) is 6.92 Å². The van der Waals surface area contributed by atoms with Crippen LogP contribution in [0.15, 0.2) is 77.1 Å². The standard InChI is InChI=1S/C24H26N4O2/c1-4-28(15-16-30-19(3)29)22-12-13-23(18(2)17-22)27-26-21-10-8-20(9-11-21)24-7-5-6-14-25-24/h5-14,17H,4,15-16H2,1-3H3. The lowest BCUT2D eigenvalue weighted by molar-refractivity contribution is -0.140. The highest BCUT2D eigenvalue weighted by Gasteiger charge is 2.07. The van der Waals surface area contributed by atoms with Crippen LogP contribution >= 0.6 is 0 Å². The maximum Gasteiger partial charge on any atom is 0.302 e. The zero-order valence-corrected chi connectivity index (χ0v) is 17.6. The number of hydrogen-bond donors (Lipinski definition) is 0. The number of aromatic nitrogens is 1. The molecule has 0 aliphatic carbocycles. The molecule has 30 heavy (non-hydrogen) atoms. The van der Waals surface area contributed by atoms with Crippen LogP contribution in [0.2, 0.25) is 0 Å². The lowest BCUT2D eigenvalue weighted by Crippen LogP contribution is -2.27. The molecule has 0 unspecified atom stereocenters. The number of aryl methyl sites for hydroxylation is 1. The number of nitrogens with zero attached hydrogens (tertiary/aromatic N) is 4. The minimum atomic E-state index is -0.258.